The van der Waals surface area contributed by atoms with Gasteiger partial charge in [-0.2, -0.15) is 0 Å². The van der Waals surface area contributed by atoms with E-state index in [1.54, 1.807) is 0 Å². The fourth-order valence-corrected chi connectivity index (χ4v) is 14.7. The van der Waals surface area contributed by atoms with Gasteiger partial charge in [-0.3, -0.25) is 0 Å². The Balaban J connectivity index is 1.05. The van der Waals surface area contributed by atoms with Crippen LogP contribution in [0.2, 0.25) is 0 Å². The average Bonchev–Trinajstić information content (AvgIpc) is 1.63. The van der Waals surface area contributed by atoms with E-state index in [9.17, 15) is 0 Å². The summed E-state index contributed by atoms with van der Waals surface area (Å²) in [5.41, 5.74) is 25.3. The van der Waals surface area contributed by atoms with Crippen LogP contribution in [-0.4, -0.2) is 15.8 Å². The lowest BCUT2D eigenvalue weighted by atomic mass is 9.33. The SMILES string of the molecule is CC(C)(C)c1cc(N2c3cc4ccccc4cc3B3c4cc5ccccc5cc4N(c4cc(C(C)(C)C)cc(C(C)(C)C)c4)c4cc(-c5ccc6c(c5)c5ccc7c(c8ccccc8n7-c7ccccc7)c5n6-c5ccccc5)cc2c43)cc(C(C)(C)C)c1. The second kappa shape index (κ2) is 19.5. The molecular weight excluding hydrogens is 1080 g/mol. The fourth-order valence-electron chi connectivity index (χ4n) is 14.7. The van der Waals surface area contributed by atoms with Gasteiger partial charge in [0.1, 0.15) is 0 Å². The molecule has 0 fully saturated rings. The molecule has 2 aliphatic heterocycles. The van der Waals surface area contributed by atoms with E-state index < -0.39 is 0 Å². The van der Waals surface area contributed by atoms with Gasteiger partial charge in [-0.05, 0) is 190 Å². The fraction of sp³-hybridized carbons (Fsp3) is 0.190. The molecule has 0 atom stereocenters. The van der Waals surface area contributed by atoms with Gasteiger partial charge in [0.25, 0.3) is 6.71 Å². The molecule has 4 heterocycles. The first-order valence-corrected chi connectivity index (χ1v) is 31.9. The largest absolute Gasteiger partial charge is 0.311 e. The maximum Gasteiger partial charge on any atom is 0.252 e. The third-order valence-electron chi connectivity index (χ3n) is 19.5. The van der Waals surface area contributed by atoms with E-state index in [-0.39, 0.29) is 28.4 Å². The van der Waals surface area contributed by atoms with Crippen molar-refractivity contribution in [2.75, 3.05) is 9.80 Å². The van der Waals surface area contributed by atoms with E-state index >= 15 is 0 Å². The summed E-state index contributed by atoms with van der Waals surface area (Å²) in [6.07, 6.45) is 0. The number of anilines is 6. The molecule has 0 unspecified atom stereocenters. The average molecular weight is 1150 g/mol. The molecular formula is C84H75BN4. The van der Waals surface area contributed by atoms with E-state index in [2.05, 4.69) is 339 Å². The Hall–Kier alpha value is -9.58. The Kier molecular flexibility index (Phi) is 12.0. The van der Waals surface area contributed by atoms with Crippen LogP contribution in [0, 0.1) is 0 Å². The van der Waals surface area contributed by atoms with Crippen molar-refractivity contribution in [3.05, 3.63) is 259 Å². The van der Waals surface area contributed by atoms with Gasteiger partial charge in [0.15, 0.2) is 0 Å². The zero-order valence-electron chi connectivity index (χ0n) is 53.4. The highest BCUT2D eigenvalue weighted by molar-refractivity contribution is 7.00. The molecule has 16 rings (SSSR count). The number of rotatable bonds is 5. The highest BCUT2D eigenvalue weighted by atomic mass is 15.2. The maximum atomic E-state index is 2.67. The van der Waals surface area contributed by atoms with Crippen LogP contribution in [0.25, 0.3) is 87.7 Å². The first-order valence-electron chi connectivity index (χ1n) is 31.9. The van der Waals surface area contributed by atoms with Gasteiger partial charge in [-0.25, -0.2) is 0 Å². The van der Waals surface area contributed by atoms with Crippen molar-refractivity contribution in [1.29, 1.82) is 0 Å². The number of hydrogen-bond donors (Lipinski definition) is 0. The van der Waals surface area contributed by atoms with E-state index in [0.717, 1.165) is 22.5 Å². The van der Waals surface area contributed by atoms with Crippen molar-refractivity contribution in [2.45, 2.75) is 105 Å². The molecule has 0 aliphatic carbocycles. The molecule has 434 valence electrons. The summed E-state index contributed by atoms with van der Waals surface area (Å²) in [5.74, 6) is 0. The van der Waals surface area contributed by atoms with Gasteiger partial charge in [-0.1, -0.05) is 223 Å². The topological polar surface area (TPSA) is 16.3 Å². The molecule has 2 aliphatic rings. The van der Waals surface area contributed by atoms with Crippen molar-refractivity contribution in [1.82, 2.24) is 9.13 Å². The van der Waals surface area contributed by atoms with Crippen LogP contribution in [0.3, 0.4) is 0 Å². The summed E-state index contributed by atoms with van der Waals surface area (Å²) in [7, 11) is 0. The van der Waals surface area contributed by atoms with Crippen molar-refractivity contribution in [3.8, 4) is 22.5 Å². The lowest BCUT2D eigenvalue weighted by Crippen LogP contribution is -2.61. The van der Waals surface area contributed by atoms with Gasteiger partial charge in [0, 0.05) is 67.0 Å². The van der Waals surface area contributed by atoms with Gasteiger partial charge in [0.2, 0.25) is 0 Å². The van der Waals surface area contributed by atoms with E-state index in [4.69, 9.17) is 0 Å². The van der Waals surface area contributed by atoms with Crippen LogP contribution in [0.5, 0.6) is 0 Å². The first-order chi connectivity index (χ1) is 42.7. The second-order valence-electron chi connectivity index (χ2n) is 29.5. The van der Waals surface area contributed by atoms with Crippen LogP contribution >= 0.6 is 0 Å². The molecule has 0 saturated carbocycles. The summed E-state index contributed by atoms with van der Waals surface area (Å²) in [4.78, 5) is 5.33. The lowest BCUT2D eigenvalue weighted by Gasteiger charge is -2.45. The number of para-hydroxylation sites is 3. The lowest BCUT2D eigenvalue weighted by molar-refractivity contribution is 0.568. The second-order valence-corrected chi connectivity index (χ2v) is 29.5. The number of nitrogens with zero attached hydrogens (tertiary/aromatic N) is 4. The van der Waals surface area contributed by atoms with Crippen molar-refractivity contribution < 1.29 is 0 Å². The molecule has 4 nitrogen and oxygen atoms in total. The third kappa shape index (κ3) is 8.70. The predicted molar refractivity (Wildman–Crippen MR) is 384 cm³/mol. The molecule has 2 aromatic heterocycles. The Labute approximate surface area is 524 Å². The summed E-state index contributed by atoms with van der Waals surface area (Å²) < 4.78 is 4.97. The minimum atomic E-state index is -0.113. The predicted octanol–water partition coefficient (Wildman–Crippen LogP) is 21.1. The number of aromatic nitrogens is 2. The van der Waals surface area contributed by atoms with Gasteiger partial charge in [0.05, 0.1) is 22.1 Å². The summed E-state index contributed by atoms with van der Waals surface area (Å²) in [6, 6.07) is 90.9. The standard InChI is InChI=1S/C84H75BN4/c1-81(2,3)58-46-59(82(4,5)6)49-64(48-58)87-74-42-54-27-21-19-25-52(54)40-69(74)85-70-41-53-26-20-22-28-55(53)43-75(70)88(65-50-60(83(7,8)9)47-61(51-65)84(10,11)12)77-45-57(44-76(87)79(77)85)56-35-37-72-68(39-56)66-36-38-73-78(80(66)89(72)63-31-17-14-18-32-63)67-33-23-24-34-71(67)86(73)62-29-15-13-16-30-62/h13-51H,1-12H3. The van der Waals surface area contributed by atoms with Gasteiger partial charge in [-0.15, -0.1) is 0 Å². The van der Waals surface area contributed by atoms with Gasteiger partial charge < -0.3 is 18.9 Å². The molecule has 5 heteroatoms. The molecule has 89 heavy (non-hydrogen) atoms. The van der Waals surface area contributed by atoms with Crippen LogP contribution in [0.4, 0.5) is 34.1 Å². The van der Waals surface area contributed by atoms with Crippen molar-refractivity contribution in [2.24, 2.45) is 0 Å². The van der Waals surface area contributed by atoms with E-state index in [1.807, 2.05) is 0 Å². The zero-order valence-corrected chi connectivity index (χ0v) is 53.4. The zero-order chi connectivity index (χ0) is 61.2. The summed E-state index contributed by atoms with van der Waals surface area (Å²) >= 11 is 0. The molecule has 0 bridgehead atoms. The maximum absolute atomic E-state index is 2.67. The molecule has 0 saturated heterocycles. The molecule has 0 radical (unpaired) electrons. The summed E-state index contributed by atoms with van der Waals surface area (Å²) in [6.45, 7) is 28.3. The smallest absolute Gasteiger partial charge is 0.252 e. The minimum Gasteiger partial charge on any atom is -0.311 e. The molecule has 0 amide bonds. The molecule has 14 aromatic rings. The number of hydrogen-bond acceptors (Lipinski definition) is 2. The van der Waals surface area contributed by atoms with E-state index in [0.29, 0.717) is 0 Å². The van der Waals surface area contributed by atoms with Crippen molar-refractivity contribution >= 4 is 122 Å². The summed E-state index contributed by atoms with van der Waals surface area (Å²) in [5, 5.41) is 9.86. The molecule has 0 spiro atoms. The first kappa shape index (κ1) is 54.8. The normalized spacial score (nSPS) is 13.6. The molecule has 0 N–H and O–H groups in total. The number of benzene rings is 12. The third-order valence-corrected chi connectivity index (χ3v) is 19.5. The Morgan fingerprint density at radius 3 is 1.18 bits per heavy atom. The molecule has 12 aromatic carbocycles. The minimum absolute atomic E-state index is 0.0896. The van der Waals surface area contributed by atoms with Crippen LogP contribution in [0.15, 0.2) is 237 Å². The Morgan fingerprint density at radius 1 is 0.281 bits per heavy atom. The Bertz CT molecular complexity index is 4990. The van der Waals surface area contributed by atoms with Crippen LogP contribution in [-0.2, 0) is 21.7 Å². The highest BCUT2D eigenvalue weighted by Crippen LogP contribution is 2.51. The number of fused-ring (bicyclic) bond motifs is 13. The van der Waals surface area contributed by atoms with E-state index in [1.165, 1.54) is 138 Å². The van der Waals surface area contributed by atoms with Crippen molar-refractivity contribution in [3.63, 3.8) is 0 Å². The quantitative estimate of drug-likeness (QED) is 0.160. The highest BCUT2D eigenvalue weighted by Gasteiger charge is 2.45. The van der Waals surface area contributed by atoms with Crippen LogP contribution in [0.1, 0.15) is 105 Å². The Morgan fingerprint density at radius 2 is 0.697 bits per heavy atom. The monoisotopic (exact) mass is 1150 g/mol. The van der Waals surface area contributed by atoms with Gasteiger partial charge >= 0.3 is 0 Å². The van der Waals surface area contributed by atoms with Crippen LogP contribution < -0.4 is 26.2 Å².